The van der Waals surface area contributed by atoms with Gasteiger partial charge in [-0.15, -0.1) is 0 Å². The molecule has 9 heteroatoms. The van der Waals surface area contributed by atoms with Crippen LogP contribution in [0.4, 0.5) is 10.1 Å². The van der Waals surface area contributed by atoms with Crippen LogP contribution in [0.25, 0.3) is 0 Å². The number of sulfonamides is 1. The molecule has 104 valence electrons. The van der Waals surface area contributed by atoms with Crippen LogP contribution in [0.1, 0.15) is 10.5 Å². The Morgan fingerprint density at radius 3 is 2.55 bits per heavy atom. The van der Waals surface area contributed by atoms with E-state index in [1.165, 1.54) is 12.1 Å². The molecule has 0 bridgehead atoms. The topological polar surface area (TPSA) is 109 Å². The Kier molecular flexibility index (Phi) is 3.61. The normalized spacial score (nSPS) is 11.1. The number of carboxylic acid groups (broad SMARTS) is 1. The molecule has 0 aliphatic heterocycles. The summed E-state index contributed by atoms with van der Waals surface area (Å²) >= 11 is 0. The molecule has 0 aliphatic carbocycles. The van der Waals surface area contributed by atoms with E-state index in [4.69, 9.17) is 5.11 Å². The van der Waals surface area contributed by atoms with Crippen LogP contribution in [0.2, 0.25) is 0 Å². The first-order valence-electron chi connectivity index (χ1n) is 5.23. The van der Waals surface area contributed by atoms with Crippen molar-refractivity contribution in [1.29, 1.82) is 0 Å². The number of nitrogens with zero attached hydrogens (tertiary/aromatic N) is 2. The van der Waals surface area contributed by atoms with Crippen LogP contribution in [-0.4, -0.2) is 29.5 Å². The Bertz CT molecular complexity index is 747. The predicted molar refractivity (Wildman–Crippen MR) is 66.2 cm³/mol. The van der Waals surface area contributed by atoms with Gasteiger partial charge in [-0.1, -0.05) is 0 Å². The lowest BCUT2D eigenvalue weighted by Gasteiger charge is -2.07. The van der Waals surface area contributed by atoms with Crippen molar-refractivity contribution in [3.63, 3.8) is 0 Å². The van der Waals surface area contributed by atoms with Crippen molar-refractivity contribution < 1.29 is 22.7 Å². The zero-order chi connectivity index (χ0) is 14.8. The Hall–Kier alpha value is -2.55. The average Bonchev–Trinajstić information content (AvgIpc) is 2.39. The van der Waals surface area contributed by atoms with Gasteiger partial charge in [0.05, 0.1) is 11.9 Å². The van der Waals surface area contributed by atoms with Crippen LogP contribution in [0, 0.1) is 5.82 Å². The molecule has 2 aromatic rings. The van der Waals surface area contributed by atoms with Gasteiger partial charge in [0.15, 0.2) is 5.82 Å². The van der Waals surface area contributed by atoms with E-state index < -0.39 is 26.8 Å². The first-order chi connectivity index (χ1) is 9.40. The van der Waals surface area contributed by atoms with Gasteiger partial charge in [0.2, 0.25) is 5.03 Å². The number of aromatic nitrogens is 2. The molecule has 0 saturated carbocycles. The molecule has 0 unspecified atom stereocenters. The van der Waals surface area contributed by atoms with Crippen molar-refractivity contribution in [2.24, 2.45) is 0 Å². The highest BCUT2D eigenvalue weighted by Crippen LogP contribution is 2.16. The molecular formula is C11H8FN3O4S. The summed E-state index contributed by atoms with van der Waals surface area (Å²) in [6, 6.07) is 4.55. The molecule has 2 heterocycles. The van der Waals surface area contributed by atoms with Crippen molar-refractivity contribution in [1.82, 2.24) is 9.97 Å². The average molecular weight is 297 g/mol. The molecule has 7 nitrogen and oxygen atoms in total. The van der Waals surface area contributed by atoms with E-state index >= 15 is 0 Å². The van der Waals surface area contributed by atoms with Crippen LogP contribution < -0.4 is 4.72 Å². The number of anilines is 1. The fraction of sp³-hybridized carbons (Fsp3) is 0. The molecule has 0 aromatic carbocycles. The summed E-state index contributed by atoms with van der Waals surface area (Å²) in [5.41, 5.74) is -0.239. The molecule has 0 radical (unpaired) electrons. The van der Waals surface area contributed by atoms with Gasteiger partial charge in [0.1, 0.15) is 5.69 Å². The summed E-state index contributed by atoms with van der Waals surface area (Å²) in [6.45, 7) is 0. The Morgan fingerprint density at radius 1 is 1.25 bits per heavy atom. The largest absolute Gasteiger partial charge is 0.477 e. The van der Waals surface area contributed by atoms with E-state index in [1.807, 2.05) is 0 Å². The lowest BCUT2D eigenvalue weighted by molar-refractivity contribution is 0.0690. The van der Waals surface area contributed by atoms with E-state index in [0.29, 0.717) is 0 Å². The third kappa shape index (κ3) is 2.88. The van der Waals surface area contributed by atoms with Crippen LogP contribution in [0.3, 0.4) is 0 Å². The number of aromatic carboxylic acids is 1. The van der Waals surface area contributed by atoms with Gasteiger partial charge < -0.3 is 5.11 Å². The van der Waals surface area contributed by atoms with Crippen molar-refractivity contribution in [2.75, 3.05) is 4.72 Å². The van der Waals surface area contributed by atoms with Gasteiger partial charge in [-0.3, -0.25) is 4.72 Å². The van der Waals surface area contributed by atoms with Crippen molar-refractivity contribution in [3.05, 3.63) is 48.2 Å². The highest BCUT2D eigenvalue weighted by Gasteiger charge is 2.20. The minimum absolute atomic E-state index is 0.0000491. The van der Waals surface area contributed by atoms with Gasteiger partial charge >= 0.3 is 5.97 Å². The fourth-order valence-electron chi connectivity index (χ4n) is 1.35. The summed E-state index contributed by atoms with van der Waals surface area (Å²) in [5.74, 6) is -2.23. The standard InChI is InChI=1S/C11H8FN3O4S/c12-8-2-1-5-13-10(8)20(18,19)15-7-3-4-9(11(16)17)14-6-7/h1-6,15H,(H,16,17). The smallest absolute Gasteiger partial charge is 0.354 e. The van der Waals surface area contributed by atoms with Crippen LogP contribution >= 0.6 is 0 Å². The number of carbonyl (C=O) groups is 1. The van der Waals surface area contributed by atoms with Gasteiger partial charge in [-0.25, -0.2) is 19.2 Å². The highest BCUT2D eigenvalue weighted by molar-refractivity contribution is 7.92. The summed E-state index contributed by atoms with van der Waals surface area (Å²) in [6.07, 6.45) is 2.16. The maximum Gasteiger partial charge on any atom is 0.354 e. The second kappa shape index (κ2) is 5.21. The molecule has 0 spiro atoms. The first-order valence-corrected chi connectivity index (χ1v) is 6.71. The molecule has 2 rings (SSSR count). The molecule has 0 atom stereocenters. The molecule has 0 fully saturated rings. The van der Waals surface area contributed by atoms with E-state index in [9.17, 15) is 17.6 Å². The lowest BCUT2D eigenvalue weighted by atomic mass is 10.3. The second-order valence-corrected chi connectivity index (χ2v) is 5.23. The quantitative estimate of drug-likeness (QED) is 0.875. The SMILES string of the molecule is O=C(O)c1ccc(NS(=O)(=O)c2ncccc2F)cn1. The summed E-state index contributed by atoms with van der Waals surface area (Å²) in [7, 11) is -4.20. The molecule has 2 aromatic heterocycles. The number of nitrogens with one attached hydrogen (secondary N) is 1. The minimum atomic E-state index is -4.20. The van der Waals surface area contributed by atoms with Crippen molar-refractivity contribution in [2.45, 2.75) is 5.03 Å². The highest BCUT2D eigenvalue weighted by atomic mass is 32.2. The summed E-state index contributed by atoms with van der Waals surface area (Å²) < 4.78 is 39.2. The van der Waals surface area contributed by atoms with E-state index in [0.717, 1.165) is 24.5 Å². The van der Waals surface area contributed by atoms with Gasteiger partial charge in [0.25, 0.3) is 10.0 Å². The zero-order valence-electron chi connectivity index (χ0n) is 9.82. The fourth-order valence-corrected chi connectivity index (χ4v) is 2.41. The monoisotopic (exact) mass is 297 g/mol. The maximum atomic E-state index is 13.4. The molecule has 0 saturated heterocycles. The van der Waals surface area contributed by atoms with Crippen molar-refractivity contribution >= 4 is 21.7 Å². The van der Waals surface area contributed by atoms with E-state index in [-0.39, 0.29) is 11.4 Å². The maximum absolute atomic E-state index is 13.4. The van der Waals surface area contributed by atoms with Crippen molar-refractivity contribution in [3.8, 4) is 0 Å². The number of hydrogen-bond donors (Lipinski definition) is 2. The number of carboxylic acids is 1. The van der Waals surface area contributed by atoms with Gasteiger partial charge in [0, 0.05) is 6.20 Å². The van der Waals surface area contributed by atoms with Crippen LogP contribution in [0.15, 0.2) is 41.7 Å². The Morgan fingerprint density at radius 2 is 2.00 bits per heavy atom. The molecule has 0 amide bonds. The predicted octanol–water partition coefficient (Wildman–Crippen LogP) is 1.11. The molecule has 2 N–H and O–H groups in total. The van der Waals surface area contributed by atoms with Gasteiger partial charge in [-0.05, 0) is 24.3 Å². The number of hydrogen-bond acceptors (Lipinski definition) is 5. The van der Waals surface area contributed by atoms with E-state index in [1.54, 1.807) is 0 Å². The second-order valence-electron chi connectivity index (χ2n) is 3.63. The number of pyridine rings is 2. The van der Waals surface area contributed by atoms with Gasteiger partial charge in [-0.2, -0.15) is 8.42 Å². The summed E-state index contributed by atoms with van der Waals surface area (Å²) in [5, 5.41) is 7.91. The number of halogens is 1. The summed E-state index contributed by atoms with van der Waals surface area (Å²) in [4.78, 5) is 17.6. The van der Waals surface area contributed by atoms with Crippen LogP contribution in [0.5, 0.6) is 0 Å². The third-order valence-corrected chi connectivity index (χ3v) is 3.53. The lowest BCUT2D eigenvalue weighted by Crippen LogP contribution is -2.16. The number of rotatable bonds is 4. The molecular weight excluding hydrogens is 289 g/mol. The zero-order valence-corrected chi connectivity index (χ0v) is 10.6. The minimum Gasteiger partial charge on any atom is -0.477 e. The third-order valence-electron chi connectivity index (χ3n) is 2.21. The van der Waals surface area contributed by atoms with Crippen LogP contribution in [-0.2, 0) is 10.0 Å². The Labute approximate surface area is 113 Å². The molecule has 20 heavy (non-hydrogen) atoms. The molecule has 0 aliphatic rings. The van der Waals surface area contributed by atoms with E-state index in [2.05, 4.69) is 14.7 Å². The Balaban J connectivity index is 2.29. The first kappa shape index (κ1) is 13.9.